The zero-order chi connectivity index (χ0) is 26.5. The van der Waals surface area contributed by atoms with Crippen molar-refractivity contribution in [3.63, 3.8) is 0 Å². The summed E-state index contributed by atoms with van der Waals surface area (Å²) < 4.78 is 7.16. The van der Waals surface area contributed by atoms with Gasteiger partial charge in [-0.3, -0.25) is 4.79 Å². The first-order chi connectivity index (χ1) is 18.5. The van der Waals surface area contributed by atoms with Crippen molar-refractivity contribution in [3.8, 4) is 0 Å². The van der Waals surface area contributed by atoms with Gasteiger partial charge in [0.2, 0.25) is 5.91 Å². The summed E-state index contributed by atoms with van der Waals surface area (Å²) in [5.41, 5.74) is 3.83. The van der Waals surface area contributed by atoms with Crippen LogP contribution < -0.4 is 4.90 Å². The molecule has 1 aliphatic rings. The van der Waals surface area contributed by atoms with Gasteiger partial charge in [-0.2, -0.15) is 5.10 Å². The molecule has 3 aromatic carbocycles. The van der Waals surface area contributed by atoms with Crippen molar-refractivity contribution in [3.05, 3.63) is 119 Å². The molecule has 0 aliphatic carbocycles. The van der Waals surface area contributed by atoms with Crippen molar-refractivity contribution in [2.75, 3.05) is 31.6 Å². The summed E-state index contributed by atoms with van der Waals surface area (Å²) in [5.74, 6) is -0.114. The van der Waals surface area contributed by atoms with E-state index in [2.05, 4.69) is 17.0 Å². The van der Waals surface area contributed by atoms with Gasteiger partial charge in [-0.1, -0.05) is 91.0 Å². The van der Waals surface area contributed by atoms with Crippen molar-refractivity contribution < 1.29 is 14.3 Å². The lowest BCUT2D eigenvalue weighted by molar-refractivity contribution is -0.153. The normalized spacial score (nSPS) is 15.5. The summed E-state index contributed by atoms with van der Waals surface area (Å²) in [5, 5.41) is 4.71. The summed E-state index contributed by atoms with van der Waals surface area (Å²) >= 11 is 0. The number of ether oxygens (including phenoxy) is 1. The lowest BCUT2D eigenvalue weighted by Crippen LogP contribution is -2.60. The number of methoxy groups -OCH3 is 1. The van der Waals surface area contributed by atoms with Crippen molar-refractivity contribution >= 4 is 17.7 Å². The molecule has 0 radical (unpaired) electrons. The minimum atomic E-state index is -0.739. The van der Waals surface area contributed by atoms with Crippen LogP contribution in [0.1, 0.15) is 28.3 Å². The molecule has 1 atom stereocenters. The van der Waals surface area contributed by atoms with E-state index in [9.17, 15) is 9.59 Å². The van der Waals surface area contributed by atoms with Gasteiger partial charge >= 0.3 is 5.97 Å². The zero-order valence-electron chi connectivity index (χ0n) is 21.7. The van der Waals surface area contributed by atoms with E-state index < -0.39 is 17.9 Å². The summed E-state index contributed by atoms with van der Waals surface area (Å²) in [6.07, 6.45) is 0. The van der Waals surface area contributed by atoms with Crippen LogP contribution in [0.3, 0.4) is 0 Å². The molecular formula is C31H32N4O3. The Bertz CT molecular complexity index is 1330. The van der Waals surface area contributed by atoms with Crippen LogP contribution in [0.15, 0.2) is 97.1 Å². The summed E-state index contributed by atoms with van der Waals surface area (Å²) in [7, 11) is 1.37. The van der Waals surface area contributed by atoms with E-state index in [4.69, 9.17) is 9.84 Å². The highest BCUT2D eigenvalue weighted by Gasteiger charge is 2.40. The van der Waals surface area contributed by atoms with E-state index in [0.29, 0.717) is 26.2 Å². The standard InChI is InChI=1S/C31H32N4O3/c1-23-20-28(35(32-23)21-24-12-6-3-7-13-24)33-18-19-34(27(22-33)31(37)38-2)30(36)29(25-14-8-4-9-15-25)26-16-10-5-11-17-26/h3-17,20,27,29H,18-19,21-22H2,1-2H3. The van der Waals surface area contributed by atoms with Crippen LogP contribution in [-0.2, 0) is 20.9 Å². The van der Waals surface area contributed by atoms with Crippen LogP contribution in [0.4, 0.5) is 5.82 Å². The molecule has 1 aromatic heterocycles. The maximum Gasteiger partial charge on any atom is 0.330 e. The highest BCUT2D eigenvalue weighted by molar-refractivity contribution is 5.91. The first-order valence-electron chi connectivity index (χ1n) is 12.9. The Morgan fingerprint density at radius 2 is 1.47 bits per heavy atom. The second-order valence-electron chi connectivity index (χ2n) is 9.56. The van der Waals surface area contributed by atoms with Crippen LogP contribution in [0.2, 0.25) is 0 Å². The van der Waals surface area contributed by atoms with Crippen LogP contribution >= 0.6 is 0 Å². The fourth-order valence-electron chi connectivity index (χ4n) is 5.19. The lowest BCUT2D eigenvalue weighted by atomic mass is 9.89. The van der Waals surface area contributed by atoms with Gasteiger partial charge in [0, 0.05) is 19.2 Å². The number of benzene rings is 3. The largest absolute Gasteiger partial charge is 0.467 e. The quantitative estimate of drug-likeness (QED) is 0.349. The first-order valence-corrected chi connectivity index (χ1v) is 12.9. The van der Waals surface area contributed by atoms with Gasteiger partial charge in [-0.15, -0.1) is 0 Å². The minimum Gasteiger partial charge on any atom is -0.467 e. The summed E-state index contributed by atoms with van der Waals surface area (Å²) in [4.78, 5) is 31.1. The van der Waals surface area contributed by atoms with Gasteiger partial charge in [0.1, 0.15) is 11.9 Å². The molecule has 7 heteroatoms. The molecule has 38 heavy (non-hydrogen) atoms. The van der Waals surface area contributed by atoms with Gasteiger partial charge < -0.3 is 14.5 Å². The fraction of sp³-hybridized carbons (Fsp3) is 0.258. The molecule has 2 heterocycles. The summed E-state index contributed by atoms with van der Waals surface area (Å²) in [6.45, 7) is 3.89. The fourth-order valence-corrected chi connectivity index (χ4v) is 5.19. The monoisotopic (exact) mass is 508 g/mol. The molecule has 194 valence electrons. The number of amides is 1. The lowest BCUT2D eigenvalue weighted by Gasteiger charge is -2.42. The summed E-state index contributed by atoms with van der Waals surface area (Å²) in [6, 6.07) is 30.9. The molecule has 1 saturated heterocycles. The van der Waals surface area contributed by atoms with Crippen molar-refractivity contribution in [1.29, 1.82) is 0 Å². The predicted octanol–water partition coefficient (Wildman–Crippen LogP) is 4.26. The van der Waals surface area contributed by atoms with E-state index in [1.165, 1.54) is 7.11 Å². The Hall–Kier alpha value is -4.39. The van der Waals surface area contributed by atoms with E-state index in [1.807, 2.05) is 96.5 Å². The number of hydrogen-bond acceptors (Lipinski definition) is 5. The van der Waals surface area contributed by atoms with E-state index in [1.54, 1.807) is 4.90 Å². The predicted molar refractivity (Wildman–Crippen MR) is 147 cm³/mol. The van der Waals surface area contributed by atoms with Crippen LogP contribution in [-0.4, -0.2) is 59.3 Å². The third kappa shape index (κ3) is 5.32. The molecule has 0 spiro atoms. The Labute approximate surface area is 223 Å². The molecule has 0 N–H and O–H groups in total. The average molecular weight is 509 g/mol. The van der Waals surface area contributed by atoms with Crippen LogP contribution in [0.25, 0.3) is 0 Å². The van der Waals surface area contributed by atoms with E-state index >= 15 is 0 Å². The first kappa shape index (κ1) is 25.3. The molecule has 4 aromatic rings. The molecular weight excluding hydrogens is 476 g/mol. The number of hydrogen-bond donors (Lipinski definition) is 0. The van der Waals surface area contributed by atoms with Crippen LogP contribution in [0.5, 0.6) is 0 Å². The average Bonchev–Trinajstić information content (AvgIpc) is 3.33. The molecule has 7 nitrogen and oxygen atoms in total. The number of aromatic nitrogens is 2. The number of carbonyl (C=O) groups excluding carboxylic acids is 2. The highest BCUT2D eigenvalue weighted by Crippen LogP contribution is 2.30. The van der Waals surface area contributed by atoms with Crippen LogP contribution in [0, 0.1) is 6.92 Å². The number of aryl methyl sites for hydroxylation is 1. The Morgan fingerprint density at radius 1 is 0.895 bits per heavy atom. The van der Waals surface area contributed by atoms with Crippen molar-refractivity contribution in [2.24, 2.45) is 0 Å². The maximum absolute atomic E-state index is 14.2. The Morgan fingerprint density at radius 3 is 2.05 bits per heavy atom. The SMILES string of the molecule is COC(=O)C1CN(c2cc(C)nn2Cc2ccccc2)CCN1C(=O)C(c1ccccc1)c1ccccc1. The van der Waals surface area contributed by atoms with Crippen molar-refractivity contribution in [2.45, 2.75) is 25.4 Å². The van der Waals surface area contributed by atoms with Gasteiger partial charge in [0.15, 0.2) is 0 Å². The number of carbonyl (C=O) groups is 2. The topological polar surface area (TPSA) is 67.7 Å². The maximum atomic E-state index is 14.2. The van der Waals surface area contributed by atoms with E-state index in [-0.39, 0.29) is 5.91 Å². The second kappa shape index (κ2) is 11.3. The van der Waals surface area contributed by atoms with E-state index in [0.717, 1.165) is 28.2 Å². The molecule has 0 saturated carbocycles. The van der Waals surface area contributed by atoms with Gasteiger partial charge in [0.05, 0.1) is 31.8 Å². The Balaban J connectivity index is 1.44. The third-order valence-electron chi connectivity index (χ3n) is 7.03. The minimum absolute atomic E-state index is 0.105. The number of nitrogens with zero attached hydrogens (tertiary/aromatic N) is 4. The number of rotatable bonds is 7. The zero-order valence-corrected chi connectivity index (χ0v) is 21.7. The third-order valence-corrected chi connectivity index (χ3v) is 7.03. The number of piperazine rings is 1. The van der Waals surface area contributed by atoms with Gasteiger partial charge in [0.25, 0.3) is 0 Å². The smallest absolute Gasteiger partial charge is 0.330 e. The molecule has 5 rings (SSSR count). The molecule has 0 bridgehead atoms. The second-order valence-corrected chi connectivity index (χ2v) is 9.56. The molecule has 1 amide bonds. The van der Waals surface area contributed by atoms with Crippen molar-refractivity contribution in [1.82, 2.24) is 14.7 Å². The van der Waals surface area contributed by atoms with Gasteiger partial charge in [-0.05, 0) is 23.6 Å². The highest BCUT2D eigenvalue weighted by atomic mass is 16.5. The molecule has 1 fully saturated rings. The number of anilines is 1. The Kier molecular flexibility index (Phi) is 7.54. The molecule has 1 aliphatic heterocycles. The molecule has 1 unspecified atom stereocenters. The van der Waals surface area contributed by atoms with Gasteiger partial charge in [-0.25, -0.2) is 9.48 Å². The number of esters is 1.